The second kappa shape index (κ2) is 8.79. The molecule has 4 heteroatoms. The summed E-state index contributed by atoms with van der Waals surface area (Å²) >= 11 is 0. The van der Waals surface area contributed by atoms with E-state index in [2.05, 4.69) is 4.90 Å². The highest BCUT2D eigenvalue weighted by Gasteiger charge is 2.21. The second-order valence-electron chi connectivity index (χ2n) is 6.24. The first kappa shape index (κ1) is 16.8. The lowest BCUT2D eigenvalue weighted by atomic mass is 9.93. The van der Waals surface area contributed by atoms with Crippen LogP contribution in [0.25, 0.3) is 0 Å². The third kappa shape index (κ3) is 5.34. The minimum atomic E-state index is -0.986. The number of piperidine rings is 1. The average Bonchev–Trinajstić information content (AvgIpc) is 2.57. The van der Waals surface area contributed by atoms with Gasteiger partial charge in [-0.3, -0.25) is 0 Å². The fourth-order valence-corrected chi connectivity index (χ4v) is 3.33. The first-order valence-electron chi connectivity index (χ1n) is 8.43. The fraction of sp³-hybridized carbons (Fsp3) is 0.611. The molecule has 0 spiro atoms. The maximum atomic E-state index is 10.2. The molecule has 0 amide bonds. The van der Waals surface area contributed by atoms with Gasteiger partial charge in [0.05, 0.1) is 5.56 Å². The number of rotatable bonds is 2. The van der Waals surface area contributed by atoms with Gasteiger partial charge in [0, 0.05) is 6.04 Å². The summed E-state index contributed by atoms with van der Waals surface area (Å²) in [6.45, 7) is 2.79. The average molecular weight is 305 g/mol. The summed E-state index contributed by atoms with van der Waals surface area (Å²) in [5.41, 5.74) is 0.179. The van der Waals surface area contributed by atoms with Crippen molar-refractivity contribution in [3.05, 3.63) is 29.8 Å². The summed E-state index contributed by atoms with van der Waals surface area (Å²) in [7, 11) is 0. The molecule has 1 saturated heterocycles. The Balaban J connectivity index is 0.000000164. The van der Waals surface area contributed by atoms with Gasteiger partial charge in [-0.05, 0) is 63.0 Å². The van der Waals surface area contributed by atoms with E-state index in [-0.39, 0.29) is 11.3 Å². The topological polar surface area (TPSA) is 60.8 Å². The molecule has 0 radical (unpaired) electrons. The Labute approximate surface area is 132 Å². The van der Waals surface area contributed by atoms with Crippen LogP contribution in [0.2, 0.25) is 0 Å². The number of carboxylic acids is 1. The van der Waals surface area contributed by atoms with E-state index < -0.39 is 5.97 Å². The molecule has 1 aliphatic heterocycles. The van der Waals surface area contributed by atoms with Crippen molar-refractivity contribution in [2.75, 3.05) is 13.1 Å². The molecular weight excluding hydrogens is 278 g/mol. The van der Waals surface area contributed by atoms with E-state index in [1.807, 2.05) is 0 Å². The lowest BCUT2D eigenvalue weighted by Crippen LogP contribution is -2.40. The van der Waals surface area contributed by atoms with Crippen LogP contribution in [-0.2, 0) is 0 Å². The van der Waals surface area contributed by atoms with Crippen LogP contribution >= 0.6 is 0 Å². The van der Waals surface area contributed by atoms with Gasteiger partial charge in [-0.1, -0.05) is 25.7 Å². The first-order chi connectivity index (χ1) is 10.7. The zero-order valence-corrected chi connectivity index (χ0v) is 13.2. The minimum Gasteiger partial charge on any atom is -0.508 e. The van der Waals surface area contributed by atoms with Gasteiger partial charge in [0.1, 0.15) is 5.75 Å². The molecule has 0 bridgehead atoms. The van der Waals surface area contributed by atoms with E-state index in [4.69, 9.17) is 10.2 Å². The quantitative estimate of drug-likeness (QED) is 0.870. The zero-order valence-electron chi connectivity index (χ0n) is 13.2. The first-order valence-corrected chi connectivity index (χ1v) is 8.43. The predicted octanol–water partition coefficient (Wildman–Crippen LogP) is 3.90. The Bertz CT molecular complexity index is 430. The summed E-state index contributed by atoms with van der Waals surface area (Å²) in [5, 5.41) is 17.1. The Morgan fingerprint density at radius 1 is 0.909 bits per heavy atom. The third-order valence-corrected chi connectivity index (χ3v) is 4.60. The largest absolute Gasteiger partial charge is 0.508 e. The van der Waals surface area contributed by atoms with Gasteiger partial charge in [0.25, 0.3) is 0 Å². The number of nitrogens with zero attached hydrogens (tertiary/aromatic N) is 1. The smallest absolute Gasteiger partial charge is 0.335 e. The van der Waals surface area contributed by atoms with Crippen LogP contribution in [-0.4, -0.2) is 40.2 Å². The van der Waals surface area contributed by atoms with Crippen LogP contribution in [0.15, 0.2) is 24.3 Å². The van der Waals surface area contributed by atoms with Crippen LogP contribution in [0, 0.1) is 0 Å². The summed E-state index contributed by atoms with van der Waals surface area (Å²) in [5.74, 6) is -0.912. The minimum absolute atomic E-state index is 0.0741. The van der Waals surface area contributed by atoms with Crippen LogP contribution in [0.5, 0.6) is 5.75 Å². The molecule has 4 nitrogen and oxygen atoms in total. The zero-order chi connectivity index (χ0) is 15.8. The van der Waals surface area contributed by atoms with Gasteiger partial charge in [-0.25, -0.2) is 4.79 Å². The fourth-order valence-electron chi connectivity index (χ4n) is 3.33. The molecule has 1 aromatic rings. The number of phenolic OH excluding ortho intramolecular Hbond substituents is 1. The second-order valence-corrected chi connectivity index (χ2v) is 6.24. The number of aromatic carboxylic acids is 1. The number of aromatic hydroxyl groups is 1. The molecule has 2 N–H and O–H groups in total. The van der Waals surface area contributed by atoms with Crippen molar-refractivity contribution in [3.63, 3.8) is 0 Å². The maximum absolute atomic E-state index is 10.2. The Morgan fingerprint density at radius 3 is 2.00 bits per heavy atom. The van der Waals surface area contributed by atoms with Crippen LogP contribution in [0.1, 0.15) is 61.7 Å². The lowest BCUT2D eigenvalue weighted by Gasteiger charge is -2.36. The number of hydrogen-bond donors (Lipinski definition) is 2. The molecule has 22 heavy (non-hydrogen) atoms. The van der Waals surface area contributed by atoms with E-state index in [1.165, 1.54) is 88.7 Å². The normalized spacial score (nSPS) is 20.0. The number of carbonyl (C=O) groups is 1. The van der Waals surface area contributed by atoms with Gasteiger partial charge in [0.15, 0.2) is 0 Å². The molecule has 0 atom stereocenters. The van der Waals surface area contributed by atoms with Crippen molar-refractivity contribution < 1.29 is 15.0 Å². The van der Waals surface area contributed by atoms with Crippen molar-refractivity contribution in [2.24, 2.45) is 0 Å². The lowest BCUT2D eigenvalue weighted by molar-refractivity contribution is 0.0697. The Morgan fingerprint density at radius 2 is 1.45 bits per heavy atom. The number of carboxylic acid groups (broad SMARTS) is 1. The standard InChI is InChI=1S/C11H21N.C7H6O3/c1-3-7-11(8-4-1)12-9-5-2-6-10-12;8-6-3-1-5(2-4-6)7(9)10/h11H,1-10H2;1-4,8H,(H,9,10). The van der Waals surface area contributed by atoms with Crippen molar-refractivity contribution in [1.29, 1.82) is 0 Å². The number of likely N-dealkylation sites (tertiary alicyclic amines) is 1. The summed E-state index contributed by atoms with van der Waals surface area (Å²) in [6.07, 6.45) is 11.8. The van der Waals surface area contributed by atoms with Crippen LogP contribution in [0.3, 0.4) is 0 Å². The molecule has 0 aromatic heterocycles. The van der Waals surface area contributed by atoms with Gasteiger partial charge in [-0.15, -0.1) is 0 Å². The van der Waals surface area contributed by atoms with Crippen molar-refractivity contribution in [1.82, 2.24) is 4.90 Å². The molecule has 0 unspecified atom stereocenters. The molecule has 2 fully saturated rings. The van der Waals surface area contributed by atoms with Crippen molar-refractivity contribution >= 4 is 5.97 Å². The highest BCUT2D eigenvalue weighted by atomic mass is 16.4. The number of benzene rings is 1. The molecule has 1 aliphatic carbocycles. The predicted molar refractivity (Wildman–Crippen MR) is 87.4 cm³/mol. The highest BCUT2D eigenvalue weighted by molar-refractivity contribution is 5.87. The van der Waals surface area contributed by atoms with E-state index >= 15 is 0 Å². The van der Waals surface area contributed by atoms with Gasteiger partial charge in [0.2, 0.25) is 0 Å². The van der Waals surface area contributed by atoms with Gasteiger partial charge >= 0.3 is 5.97 Å². The Hall–Kier alpha value is -1.55. The molecular formula is C18H27NO3. The highest BCUT2D eigenvalue weighted by Crippen LogP contribution is 2.24. The van der Waals surface area contributed by atoms with Crippen molar-refractivity contribution in [3.8, 4) is 5.75 Å². The number of hydrogen-bond acceptors (Lipinski definition) is 3. The molecule has 2 aliphatic rings. The SMILES string of the molecule is C1CCC(N2CCCCC2)CC1.O=C(O)c1ccc(O)cc1. The molecule has 3 rings (SSSR count). The Kier molecular flexibility index (Phi) is 6.72. The van der Waals surface area contributed by atoms with E-state index in [0.717, 1.165) is 6.04 Å². The van der Waals surface area contributed by atoms with Crippen molar-refractivity contribution in [2.45, 2.75) is 57.4 Å². The maximum Gasteiger partial charge on any atom is 0.335 e. The monoisotopic (exact) mass is 305 g/mol. The summed E-state index contributed by atoms with van der Waals surface area (Å²) in [6, 6.07) is 6.33. The van der Waals surface area contributed by atoms with E-state index in [9.17, 15) is 4.79 Å². The van der Waals surface area contributed by atoms with Crippen LogP contribution < -0.4 is 0 Å². The molecule has 1 heterocycles. The molecule has 122 valence electrons. The third-order valence-electron chi connectivity index (χ3n) is 4.60. The van der Waals surface area contributed by atoms with E-state index in [0.29, 0.717) is 0 Å². The van der Waals surface area contributed by atoms with Crippen LogP contribution in [0.4, 0.5) is 0 Å². The van der Waals surface area contributed by atoms with Gasteiger partial charge in [-0.2, -0.15) is 0 Å². The van der Waals surface area contributed by atoms with E-state index in [1.54, 1.807) is 0 Å². The molecule has 1 saturated carbocycles. The number of phenols is 1. The summed E-state index contributed by atoms with van der Waals surface area (Å²) in [4.78, 5) is 13.0. The molecule has 1 aromatic carbocycles. The summed E-state index contributed by atoms with van der Waals surface area (Å²) < 4.78 is 0. The van der Waals surface area contributed by atoms with Gasteiger partial charge < -0.3 is 15.1 Å².